The van der Waals surface area contributed by atoms with Crippen LogP contribution >= 0.6 is 0 Å². The molecule has 2 rings (SSSR count). The fourth-order valence-electron chi connectivity index (χ4n) is 2.22. The van der Waals surface area contributed by atoms with Crippen molar-refractivity contribution in [1.29, 1.82) is 0 Å². The number of hydrogen-bond donors (Lipinski definition) is 1. The van der Waals surface area contributed by atoms with E-state index in [1.807, 2.05) is 0 Å². The Morgan fingerprint density at radius 2 is 2.16 bits per heavy atom. The van der Waals surface area contributed by atoms with Gasteiger partial charge in [-0.1, -0.05) is 18.2 Å². The van der Waals surface area contributed by atoms with Gasteiger partial charge in [-0.05, 0) is 25.0 Å². The van der Waals surface area contributed by atoms with Crippen LogP contribution in [0.3, 0.4) is 0 Å². The summed E-state index contributed by atoms with van der Waals surface area (Å²) in [6.45, 7) is 2.18. The fourth-order valence-corrected chi connectivity index (χ4v) is 3.84. The lowest BCUT2D eigenvalue weighted by Crippen LogP contribution is -2.33. The van der Waals surface area contributed by atoms with E-state index in [1.165, 1.54) is 0 Å². The predicted octanol–water partition coefficient (Wildman–Crippen LogP) is 1.06. The van der Waals surface area contributed by atoms with Gasteiger partial charge in [0.1, 0.15) is 0 Å². The number of fused-ring (bicyclic) bond motifs is 1. The van der Waals surface area contributed by atoms with E-state index in [9.17, 15) is 13.2 Å². The highest BCUT2D eigenvalue weighted by molar-refractivity contribution is 7.91. The first-order valence-corrected chi connectivity index (χ1v) is 7.90. The van der Waals surface area contributed by atoms with E-state index in [0.717, 1.165) is 5.56 Å². The van der Waals surface area contributed by atoms with Crippen LogP contribution in [0.25, 0.3) is 0 Å². The van der Waals surface area contributed by atoms with E-state index in [4.69, 9.17) is 4.74 Å². The first-order chi connectivity index (χ1) is 9.04. The Kier molecular flexibility index (Phi) is 4.21. The molecule has 1 aromatic carbocycles. The molecule has 1 aliphatic rings. The molecule has 0 amide bonds. The van der Waals surface area contributed by atoms with Gasteiger partial charge < -0.3 is 4.74 Å². The zero-order valence-corrected chi connectivity index (χ0v) is 11.6. The molecule has 0 aliphatic carbocycles. The minimum absolute atomic E-state index is 0.0902. The standard InChI is InChI=1S/C13H17NO4S/c1-2-18-13(15)9-14-11-7-8-19(16,17)12-6-4-3-5-10(11)12/h3-6,11,14H,2,7-9H2,1H3. The van der Waals surface area contributed by atoms with Crippen molar-refractivity contribution in [2.45, 2.75) is 24.3 Å². The quantitative estimate of drug-likeness (QED) is 0.836. The first-order valence-electron chi connectivity index (χ1n) is 6.25. The number of benzene rings is 1. The zero-order valence-electron chi connectivity index (χ0n) is 10.8. The summed E-state index contributed by atoms with van der Waals surface area (Å²) in [5.41, 5.74) is 0.734. The second kappa shape index (κ2) is 5.71. The average molecular weight is 283 g/mol. The summed E-state index contributed by atoms with van der Waals surface area (Å²) in [6, 6.07) is 6.80. The molecule has 1 aromatic rings. The monoisotopic (exact) mass is 283 g/mol. The van der Waals surface area contributed by atoms with E-state index < -0.39 is 9.84 Å². The third-order valence-electron chi connectivity index (χ3n) is 3.10. The number of sulfone groups is 1. The Balaban J connectivity index is 2.14. The van der Waals surface area contributed by atoms with Gasteiger partial charge in [0.05, 0.1) is 23.8 Å². The molecule has 1 heterocycles. The fraction of sp³-hybridized carbons (Fsp3) is 0.462. The number of carbonyl (C=O) groups excluding carboxylic acids is 1. The van der Waals surface area contributed by atoms with E-state index >= 15 is 0 Å². The van der Waals surface area contributed by atoms with Crippen LogP contribution in [0.2, 0.25) is 0 Å². The molecule has 1 unspecified atom stereocenters. The Labute approximate surface area is 112 Å². The third kappa shape index (κ3) is 3.13. The largest absolute Gasteiger partial charge is 0.465 e. The molecule has 0 spiro atoms. The van der Waals surface area contributed by atoms with Crippen LogP contribution in [0.4, 0.5) is 0 Å². The van der Waals surface area contributed by atoms with Crippen molar-refractivity contribution < 1.29 is 17.9 Å². The van der Waals surface area contributed by atoms with E-state index in [1.54, 1.807) is 31.2 Å². The van der Waals surface area contributed by atoms with Crippen LogP contribution in [0.15, 0.2) is 29.2 Å². The lowest BCUT2D eigenvalue weighted by atomic mass is 10.0. The number of esters is 1. The zero-order chi connectivity index (χ0) is 13.9. The molecule has 0 bridgehead atoms. The lowest BCUT2D eigenvalue weighted by Gasteiger charge is -2.25. The first kappa shape index (κ1) is 14.0. The van der Waals surface area contributed by atoms with Crippen molar-refractivity contribution in [2.24, 2.45) is 0 Å². The van der Waals surface area contributed by atoms with Gasteiger partial charge in [-0.2, -0.15) is 0 Å². The molecule has 19 heavy (non-hydrogen) atoms. The van der Waals surface area contributed by atoms with Crippen molar-refractivity contribution in [3.63, 3.8) is 0 Å². The van der Waals surface area contributed by atoms with Gasteiger partial charge in [-0.3, -0.25) is 10.1 Å². The normalized spacial score (nSPS) is 20.6. The Hall–Kier alpha value is -1.40. The number of ether oxygens (including phenoxy) is 1. The summed E-state index contributed by atoms with van der Waals surface area (Å²) in [4.78, 5) is 11.7. The summed E-state index contributed by atoms with van der Waals surface area (Å²) in [5, 5.41) is 3.06. The highest BCUT2D eigenvalue weighted by Crippen LogP contribution is 2.31. The maximum absolute atomic E-state index is 11.9. The van der Waals surface area contributed by atoms with Crippen LogP contribution in [0.5, 0.6) is 0 Å². The molecule has 0 radical (unpaired) electrons. The molecule has 0 saturated carbocycles. The summed E-state index contributed by atoms with van der Waals surface area (Å²) in [5.74, 6) is -0.224. The van der Waals surface area contributed by atoms with Crippen molar-refractivity contribution in [2.75, 3.05) is 18.9 Å². The number of rotatable bonds is 4. The highest BCUT2D eigenvalue weighted by Gasteiger charge is 2.29. The molecule has 1 atom stereocenters. The van der Waals surface area contributed by atoms with Gasteiger partial charge in [0.2, 0.25) is 0 Å². The minimum Gasteiger partial charge on any atom is -0.465 e. The van der Waals surface area contributed by atoms with Crippen molar-refractivity contribution in [3.05, 3.63) is 29.8 Å². The molecule has 5 nitrogen and oxygen atoms in total. The second-order valence-corrected chi connectivity index (χ2v) is 6.46. The SMILES string of the molecule is CCOC(=O)CNC1CCS(=O)(=O)c2ccccc21. The summed E-state index contributed by atoms with van der Waals surface area (Å²) < 4.78 is 28.7. The molecule has 104 valence electrons. The van der Waals surface area contributed by atoms with Crippen molar-refractivity contribution in [3.8, 4) is 0 Å². The average Bonchev–Trinajstić information content (AvgIpc) is 2.38. The predicted molar refractivity (Wildman–Crippen MR) is 70.5 cm³/mol. The number of carbonyl (C=O) groups is 1. The van der Waals surface area contributed by atoms with Crippen molar-refractivity contribution in [1.82, 2.24) is 5.32 Å². The van der Waals surface area contributed by atoms with Crippen LogP contribution in [-0.4, -0.2) is 33.3 Å². The maximum Gasteiger partial charge on any atom is 0.319 e. The van der Waals surface area contributed by atoms with Gasteiger partial charge in [0.15, 0.2) is 9.84 Å². The molecule has 0 saturated heterocycles. The van der Waals surface area contributed by atoms with Crippen LogP contribution < -0.4 is 5.32 Å². The Bertz CT molecular complexity index is 568. The molecule has 0 aromatic heterocycles. The highest BCUT2D eigenvalue weighted by atomic mass is 32.2. The van der Waals surface area contributed by atoms with E-state index in [0.29, 0.717) is 17.9 Å². The van der Waals surface area contributed by atoms with Gasteiger partial charge in [0.25, 0.3) is 0 Å². The lowest BCUT2D eigenvalue weighted by molar-refractivity contribution is -0.142. The van der Waals surface area contributed by atoms with Crippen LogP contribution in [0.1, 0.15) is 24.9 Å². The van der Waals surface area contributed by atoms with Crippen LogP contribution in [-0.2, 0) is 19.4 Å². The number of hydrogen-bond acceptors (Lipinski definition) is 5. The van der Waals surface area contributed by atoms with Crippen molar-refractivity contribution >= 4 is 15.8 Å². The second-order valence-electron chi connectivity index (χ2n) is 4.38. The molecular weight excluding hydrogens is 266 g/mol. The summed E-state index contributed by atoms with van der Waals surface area (Å²) >= 11 is 0. The van der Waals surface area contributed by atoms with Gasteiger partial charge in [-0.25, -0.2) is 8.42 Å². The third-order valence-corrected chi connectivity index (χ3v) is 4.92. The Morgan fingerprint density at radius 3 is 2.89 bits per heavy atom. The maximum atomic E-state index is 11.9. The number of nitrogens with one attached hydrogen (secondary N) is 1. The smallest absolute Gasteiger partial charge is 0.319 e. The Morgan fingerprint density at radius 1 is 1.42 bits per heavy atom. The van der Waals surface area contributed by atoms with E-state index in [-0.39, 0.29) is 24.3 Å². The minimum atomic E-state index is -3.18. The topological polar surface area (TPSA) is 72.5 Å². The molecule has 0 fully saturated rings. The molecule has 1 aliphatic heterocycles. The molecule has 6 heteroatoms. The van der Waals surface area contributed by atoms with Gasteiger partial charge in [-0.15, -0.1) is 0 Å². The summed E-state index contributed by atoms with van der Waals surface area (Å²) in [7, 11) is -3.18. The molecular formula is C13H17NO4S. The van der Waals surface area contributed by atoms with Gasteiger partial charge in [0, 0.05) is 6.04 Å². The molecule has 1 N–H and O–H groups in total. The van der Waals surface area contributed by atoms with Gasteiger partial charge >= 0.3 is 5.97 Å². The van der Waals surface area contributed by atoms with E-state index in [2.05, 4.69) is 5.32 Å². The van der Waals surface area contributed by atoms with Crippen LogP contribution in [0, 0.1) is 0 Å². The summed E-state index contributed by atoms with van der Waals surface area (Å²) in [6.07, 6.45) is 0.471.